The van der Waals surface area contributed by atoms with Crippen molar-refractivity contribution in [2.75, 3.05) is 13.1 Å². The molecular weight excluding hydrogens is 318 g/mol. The lowest BCUT2D eigenvalue weighted by Crippen LogP contribution is -2.37. The Hall–Kier alpha value is -1.22. The molecule has 1 aliphatic rings. The quantitative estimate of drug-likeness (QED) is 0.625. The van der Waals surface area contributed by atoms with Crippen LogP contribution in [0.15, 0.2) is 23.1 Å². The molecule has 0 aromatic heterocycles. The summed E-state index contributed by atoms with van der Waals surface area (Å²) < 4.78 is 26.7. The van der Waals surface area contributed by atoms with Crippen LogP contribution in [0.4, 0.5) is 5.69 Å². The van der Waals surface area contributed by atoms with E-state index in [1.165, 1.54) is 12.1 Å². The van der Waals surface area contributed by atoms with Crippen LogP contribution in [0, 0.1) is 17.0 Å². The third-order valence-electron chi connectivity index (χ3n) is 3.37. The number of benzene rings is 1. The largest absolute Gasteiger partial charge is 0.313 e. The second kappa shape index (κ2) is 7.17. The van der Waals surface area contributed by atoms with Crippen molar-refractivity contribution < 1.29 is 13.3 Å². The van der Waals surface area contributed by atoms with Crippen LogP contribution >= 0.6 is 12.4 Å². The van der Waals surface area contributed by atoms with E-state index in [0.717, 1.165) is 25.5 Å². The van der Waals surface area contributed by atoms with E-state index in [-0.39, 0.29) is 29.0 Å². The monoisotopic (exact) mass is 335 g/mol. The average molecular weight is 336 g/mol. The standard InChI is InChI=1S/C12H17N3O4S.ClH/c1-9-4-5-11(7-12(9)15(16)17)20(18,19)14-8-10-3-2-6-13-10;/h4-5,7,10,13-14H,2-3,6,8H2,1H3;1H. The van der Waals surface area contributed by atoms with E-state index in [4.69, 9.17) is 0 Å². The van der Waals surface area contributed by atoms with Gasteiger partial charge in [-0.3, -0.25) is 10.1 Å². The van der Waals surface area contributed by atoms with Gasteiger partial charge in [-0.1, -0.05) is 6.07 Å². The van der Waals surface area contributed by atoms with Gasteiger partial charge in [0.1, 0.15) is 0 Å². The molecule has 9 heteroatoms. The minimum atomic E-state index is -3.71. The van der Waals surface area contributed by atoms with Crippen LogP contribution < -0.4 is 10.0 Å². The fourth-order valence-corrected chi connectivity index (χ4v) is 3.28. The Morgan fingerprint density at radius 2 is 2.19 bits per heavy atom. The highest BCUT2D eigenvalue weighted by Crippen LogP contribution is 2.22. The van der Waals surface area contributed by atoms with Crippen molar-refractivity contribution in [2.45, 2.75) is 30.7 Å². The number of rotatable bonds is 5. The van der Waals surface area contributed by atoms with Crippen molar-refractivity contribution in [3.63, 3.8) is 0 Å². The summed E-state index contributed by atoms with van der Waals surface area (Å²) in [4.78, 5) is 10.2. The summed E-state index contributed by atoms with van der Waals surface area (Å²) in [7, 11) is -3.71. The zero-order valence-corrected chi connectivity index (χ0v) is 13.2. The van der Waals surface area contributed by atoms with Crippen LogP contribution in [0.5, 0.6) is 0 Å². The van der Waals surface area contributed by atoms with E-state index in [1.807, 2.05) is 0 Å². The van der Waals surface area contributed by atoms with Gasteiger partial charge in [-0.15, -0.1) is 12.4 Å². The maximum absolute atomic E-state index is 12.1. The van der Waals surface area contributed by atoms with Crippen LogP contribution in [-0.2, 0) is 10.0 Å². The zero-order valence-electron chi connectivity index (χ0n) is 11.5. The van der Waals surface area contributed by atoms with Crippen LogP contribution in [0.2, 0.25) is 0 Å². The van der Waals surface area contributed by atoms with Gasteiger partial charge in [-0.2, -0.15) is 0 Å². The summed E-state index contributed by atoms with van der Waals surface area (Å²) in [6.45, 7) is 2.76. The number of nitro groups is 1. The summed E-state index contributed by atoms with van der Waals surface area (Å²) in [5.74, 6) is 0. The zero-order chi connectivity index (χ0) is 14.8. The number of nitrogens with one attached hydrogen (secondary N) is 2. The Labute approximate surface area is 129 Å². The van der Waals surface area contributed by atoms with E-state index in [9.17, 15) is 18.5 Å². The number of hydrogen-bond acceptors (Lipinski definition) is 5. The number of aryl methyl sites for hydroxylation is 1. The van der Waals surface area contributed by atoms with Gasteiger partial charge in [0.25, 0.3) is 5.69 Å². The maximum atomic E-state index is 12.1. The summed E-state index contributed by atoms with van der Waals surface area (Å²) in [5.41, 5.74) is 0.248. The molecule has 0 amide bonds. The Balaban J connectivity index is 0.00000220. The molecule has 0 radical (unpaired) electrons. The van der Waals surface area contributed by atoms with Crippen molar-refractivity contribution >= 4 is 28.1 Å². The van der Waals surface area contributed by atoms with Crippen LogP contribution in [0.25, 0.3) is 0 Å². The van der Waals surface area contributed by atoms with Gasteiger partial charge >= 0.3 is 0 Å². The molecule has 1 aromatic rings. The van der Waals surface area contributed by atoms with Gasteiger partial charge < -0.3 is 5.32 Å². The molecule has 0 spiro atoms. The molecule has 2 rings (SSSR count). The number of halogens is 1. The Kier molecular flexibility index (Phi) is 6.09. The predicted octanol–water partition coefficient (Wildman–Crippen LogP) is 1.36. The van der Waals surface area contributed by atoms with Crippen LogP contribution in [0.1, 0.15) is 18.4 Å². The third kappa shape index (κ3) is 4.37. The van der Waals surface area contributed by atoms with E-state index < -0.39 is 14.9 Å². The first-order valence-electron chi connectivity index (χ1n) is 6.38. The molecule has 1 aliphatic heterocycles. The minimum absolute atomic E-state index is 0. The summed E-state index contributed by atoms with van der Waals surface area (Å²) >= 11 is 0. The molecule has 2 N–H and O–H groups in total. The Morgan fingerprint density at radius 3 is 2.76 bits per heavy atom. The molecule has 1 unspecified atom stereocenters. The molecule has 1 aromatic carbocycles. The third-order valence-corrected chi connectivity index (χ3v) is 4.79. The molecule has 118 valence electrons. The molecule has 0 saturated carbocycles. The van der Waals surface area contributed by atoms with Gasteiger partial charge in [0, 0.05) is 24.2 Å². The molecule has 1 heterocycles. The van der Waals surface area contributed by atoms with Gasteiger partial charge in [-0.25, -0.2) is 13.1 Å². The fraction of sp³-hybridized carbons (Fsp3) is 0.500. The number of hydrogen-bond donors (Lipinski definition) is 2. The van der Waals surface area contributed by atoms with Crippen molar-refractivity contribution in [3.8, 4) is 0 Å². The molecule has 0 aliphatic carbocycles. The van der Waals surface area contributed by atoms with Gasteiger partial charge in [0.05, 0.1) is 9.82 Å². The van der Waals surface area contributed by atoms with Crippen LogP contribution in [-0.4, -0.2) is 32.5 Å². The van der Waals surface area contributed by atoms with E-state index >= 15 is 0 Å². The smallest absolute Gasteiger partial charge is 0.273 e. The molecule has 1 saturated heterocycles. The fourth-order valence-electron chi connectivity index (χ4n) is 2.18. The highest BCUT2D eigenvalue weighted by Gasteiger charge is 2.22. The highest BCUT2D eigenvalue weighted by atomic mass is 35.5. The summed E-state index contributed by atoms with van der Waals surface area (Å²) in [5, 5.41) is 14.0. The molecule has 1 atom stereocenters. The molecular formula is C12H18ClN3O4S. The van der Waals surface area contributed by atoms with Crippen molar-refractivity contribution in [3.05, 3.63) is 33.9 Å². The predicted molar refractivity (Wildman–Crippen MR) is 81.3 cm³/mol. The Morgan fingerprint density at radius 1 is 1.48 bits per heavy atom. The second-order valence-corrected chi connectivity index (χ2v) is 6.62. The summed E-state index contributed by atoms with van der Waals surface area (Å²) in [6.07, 6.45) is 1.96. The average Bonchev–Trinajstić information content (AvgIpc) is 2.89. The first-order chi connectivity index (χ1) is 9.40. The molecule has 7 nitrogen and oxygen atoms in total. The minimum Gasteiger partial charge on any atom is -0.313 e. The van der Waals surface area contributed by atoms with E-state index in [0.29, 0.717) is 12.1 Å². The van der Waals surface area contributed by atoms with Crippen molar-refractivity contribution in [1.29, 1.82) is 0 Å². The highest BCUT2D eigenvalue weighted by molar-refractivity contribution is 7.89. The number of nitrogens with zero attached hydrogens (tertiary/aromatic N) is 1. The number of nitro benzene ring substituents is 1. The lowest BCUT2D eigenvalue weighted by Gasteiger charge is -2.12. The molecule has 21 heavy (non-hydrogen) atoms. The van der Waals surface area contributed by atoms with Crippen molar-refractivity contribution in [2.24, 2.45) is 0 Å². The second-order valence-electron chi connectivity index (χ2n) is 4.85. The topological polar surface area (TPSA) is 101 Å². The first-order valence-corrected chi connectivity index (χ1v) is 7.86. The lowest BCUT2D eigenvalue weighted by molar-refractivity contribution is -0.385. The first kappa shape index (κ1) is 17.8. The van der Waals surface area contributed by atoms with Gasteiger partial charge in [0.2, 0.25) is 10.0 Å². The molecule has 1 fully saturated rings. The SMILES string of the molecule is Cc1ccc(S(=O)(=O)NCC2CCCN2)cc1[N+](=O)[O-].Cl. The lowest BCUT2D eigenvalue weighted by atomic mass is 10.2. The Bertz CT molecular complexity index is 615. The van der Waals surface area contributed by atoms with E-state index in [1.54, 1.807) is 6.92 Å². The van der Waals surface area contributed by atoms with Crippen LogP contribution in [0.3, 0.4) is 0 Å². The van der Waals surface area contributed by atoms with Gasteiger partial charge in [0.15, 0.2) is 0 Å². The maximum Gasteiger partial charge on any atom is 0.273 e. The van der Waals surface area contributed by atoms with Crippen molar-refractivity contribution in [1.82, 2.24) is 10.0 Å². The van der Waals surface area contributed by atoms with Gasteiger partial charge in [-0.05, 0) is 32.4 Å². The molecule has 0 bridgehead atoms. The van der Waals surface area contributed by atoms with E-state index in [2.05, 4.69) is 10.0 Å². The summed E-state index contributed by atoms with van der Waals surface area (Å²) in [6, 6.07) is 4.05. The normalized spacial score (nSPS) is 18.2. The number of sulfonamides is 1.